The quantitative estimate of drug-likeness (QED) is 0.826. The van der Waals surface area contributed by atoms with E-state index in [1.807, 2.05) is 13.0 Å². The van der Waals surface area contributed by atoms with E-state index >= 15 is 0 Å². The van der Waals surface area contributed by atoms with Crippen molar-refractivity contribution in [2.24, 2.45) is 0 Å². The molecule has 0 amide bonds. The lowest BCUT2D eigenvalue weighted by Gasteiger charge is -2.06. The molecule has 0 spiro atoms. The van der Waals surface area contributed by atoms with Crippen molar-refractivity contribution in [3.8, 4) is 0 Å². The van der Waals surface area contributed by atoms with Crippen LogP contribution in [0, 0.1) is 0 Å². The molecule has 1 heterocycles. The summed E-state index contributed by atoms with van der Waals surface area (Å²) in [6, 6.07) is 5.44. The van der Waals surface area contributed by atoms with Crippen LogP contribution in [0.1, 0.15) is 12.5 Å². The zero-order chi connectivity index (χ0) is 11.0. The van der Waals surface area contributed by atoms with Crippen LogP contribution in [0.5, 0.6) is 0 Å². The van der Waals surface area contributed by atoms with Gasteiger partial charge in [-0.1, -0.05) is 30.1 Å². The Morgan fingerprint density at radius 2 is 2.00 bits per heavy atom. The minimum Gasteiger partial charge on any atom is -0.383 e. The van der Waals surface area contributed by atoms with E-state index in [1.54, 1.807) is 12.1 Å². The minimum absolute atomic E-state index is 0.545. The van der Waals surface area contributed by atoms with Crippen LogP contribution in [0.15, 0.2) is 18.2 Å². The Balaban J connectivity index is 2.81. The fourth-order valence-electron chi connectivity index (χ4n) is 1.54. The van der Waals surface area contributed by atoms with Crippen molar-refractivity contribution >= 4 is 39.9 Å². The van der Waals surface area contributed by atoms with E-state index in [-0.39, 0.29) is 0 Å². The number of nitrogens with zero attached hydrogens (tertiary/aromatic N) is 1. The molecule has 0 radical (unpaired) electrons. The summed E-state index contributed by atoms with van der Waals surface area (Å²) in [5.41, 5.74) is 7.54. The van der Waals surface area contributed by atoms with Gasteiger partial charge in [-0.05, 0) is 30.2 Å². The van der Waals surface area contributed by atoms with Crippen molar-refractivity contribution in [2.45, 2.75) is 13.3 Å². The van der Waals surface area contributed by atoms with Gasteiger partial charge in [0.15, 0.2) is 0 Å². The molecule has 0 fully saturated rings. The maximum Gasteiger partial charge on any atom is 0.127 e. The number of halogens is 2. The molecule has 2 aromatic rings. The predicted octanol–water partition coefficient (Wildman–Crippen LogP) is 3.69. The van der Waals surface area contributed by atoms with Crippen LogP contribution in [0.3, 0.4) is 0 Å². The highest BCUT2D eigenvalue weighted by atomic mass is 35.5. The Hall–Kier alpha value is -0.990. The molecule has 15 heavy (non-hydrogen) atoms. The number of nitrogen functional groups attached to an aromatic ring is 1. The first-order valence-electron chi connectivity index (χ1n) is 4.66. The second-order valence-corrected chi connectivity index (χ2v) is 4.18. The molecule has 4 heteroatoms. The maximum atomic E-state index is 6.08. The Bertz CT molecular complexity index is 523. The van der Waals surface area contributed by atoms with Gasteiger partial charge >= 0.3 is 0 Å². The molecule has 0 saturated carbocycles. The Labute approximate surface area is 98.0 Å². The van der Waals surface area contributed by atoms with E-state index in [2.05, 4.69) is 4.98 Å². The monoisotopic (exact) mass is 240 g/mol. The van der Waals surface area contributed by atoms with Gasteiger partial charge in [0.05, 0.1) is 10.5 Å². The number of rotatable bonds is 1. The molecule has 1 aromatic heterocycles. The van der Waals surface area contributed by atoms with Gasteiger partial charge in [-0.2, -0.15) is 0 Å². The number of hydrogen-bond acceptors (Lipinski definition) is 2. The number of fused-ring (bicyclic) bond motifs is 1. The van der Waals surface area contributed by atoms with Gasteiger partial charge in [0.25, 0.3) is 0 Å². The summed E-state index contributed by atoms with van der Waals surface area (Å²) in [7, 11) is 0. The summed E-state index contributed by atoms with van der Waals surface area (Å²) in [6.07, 6.45) is 0.841. The molecule has 2 nitrogen and oxygen atoms in total. The van der Waals surface area contributed by atoms with Crippen LogP contribution >= 0.6 is 23.2 Å². The van der Waals surface area contributed by atoms with Crippen LogP contribution in [-0.4, -0.2) is 4.98 Å². The van der Waals surface area contributed by atoms with Gasteiger partial charge in [0.2, 0.25) is 0 Å². The molecule has 2 N–H and O–H groups in total. The smallest absolute Gasteiger partial charge is 0.127 e. The number of benzene rings is 1. The summed E-state index contributed by atoms with van der Waals surface area (Å²) in [6.45, 7) is 2.03. The molecule has 0 aliphatic rings. The van der Waals surface area contributed by atoms with Crippen LogP contribution in [-0.2, 0) is 6.42 Å². The summed E-state index contributed by atoms with van der Waals surface area (Å²) < 4.78 is 0. The van der Waals surface area contributed by atoms with E-state index in [0.717, 1.165) is 22.9 Å². The maximum absolute atomic E-state index is 6.08. The normalized spacial score (nSPS) is 10.9. The number of anilines is 1. The largest absolute Gasteiger partial charge is 0.383 e. The molecule has 0 aliphatic heterocycles. The van der Waals surface area contributed by atoms with Crippen molar-refractivity contribution in [2.75, 3.05) is 5.73 Å². The standard InChI is InChI=1S/C11H10Cl2N2/c1-2-6-3-8-9(13)4-7(12)5-10(8)15-11(6)14/h3-5H,2H2,1H3,(H2,14,15). The van der Waals surface area contributed by atoms with Crippen molar-refractivity contribution in [1.82, 2.24) is 4.98 Å². The molecule has 0 unspecified atom stereocenters. The lowest BCUT2D eigenvalue weighted by Crippen LogP contribution is -1.97. The number of hydrogen-bond donors (Lipinski definition) is 1. The van der Waals surface area contributed by atoms with E-state index in [4.69, 9.17) is 28.9 Å². The number of pyridine rings is 1. The molecule has 1 aromatic carbocycles. The van der Waals surface area contributed by atoms with Crippen molar-refractivity contribution < 1.29 is 0 Å². The molecule has 2 rings (SSSR count). The van der Waals surface area contributed by atoms with Crippen LogP contribution in [0.4, 0.5) is 5.82 Å². The number of aryl methyl sites for hydroxylation is 1. The lowest BCUT2D eigenvalue weighted by atomic mass is 10.1. The highest BCUT2D eigenvalue weighted by Gasteiger charge is 2.06. The fourth-order valence-corrected chi connectivity index (χ4v) is 2.08. The highest BCUT2D eigenvalue weighted by molar-refractivity contribution is 6.38. The van der Waals surface area contributed by atoms with Gasteiger partial charge < -0.3 is 5.73 Å². The molecule has 0 saturated heterocycles. The Kier molecular flexibility index (Phi) is 2.72. The fraction of sp³-hybridized carbons (Fsp3) is 0.182. The average Bonchev–Trinajstić information content (AvgIpc) is 2.16. The van der Waals surface area contributed by atoms with Gasteiger partial charge in [0.1, 0.15) is 5.82 Å². The Morgan fingerprint density at radius 1 is 1.27 bits per heavy atom. The zero-order valence-electron chi connectivity index (χ0n) is 8.22. The highest BCUT2D eigenvalue weighted by Crippen LogP contribution is 2.29. The minimum atomic E-state index is 0.545. The van der Waals surface area contributed by atoms with Crippen LogP contribution in [0.25, 0.3) is 10.9 Å². The third-order valence-electron chi connectivity index (χ3n) is 2.34. The summed E-state index contributed by atoms with van der Waals surface area (Å²) in [5, 5.41) is 2.08. The van der Waals surface area contributed by atoms with E-state index in [1.165, 1.54) is 0 Å². The molecular formula is C11H10Cl2N2. The Morgan fingerprint density at radius 3 is 2.67 bits per heavy atom. The first-order chi connectivity index (χ1) is 7.11. The predicted molar refractivity (Wildman–Crippen MR) is 65.6 cm³/mol. The van der Waals surface area contributed by atoms with Gasteiger partial charge in [0, 0.05) is 10.4 Å². The second-order valence-electron chi connectivity index (χ2n) is 3.34. The third kappa shape index (κ3) is 1.87. The van der Waals surface area contributed by atoms with Crippen molar-refractivity contribution in [3.05, 3.63) is 33.8 Å². The number of aromatic nitrogens is 1. The number of nitrogens with two attached hydrogens (primary N) is 1. The average molecular weight is 241 g/mol. The summed E-state index contributed by atoms with van der Waals surface area (Å²) in [4.78, 5) is 4.28. The van der Waals surface area contributed by atoms with E-state index in [0.29, 0.717) is 15.9 Å². The SMILES string of the molecule is CCc1cc2c(Cl)cc(Cl)cc2nc1N. The third-order valence-corrected chi connectivity index (χ3v) is 2.87. The van der Waals surface area contributed by atoms with Crippen LogP contribution < -0.4 is 5.73 Å². The van der Waals surface area contributed by atoms with E-state index in [9.17, 15) is 0 Å². The summed E-state index contributed by atoms with van der Waals surface area (Å²) >= 11 is 12.0. The molecule has 0 atom stereocenters. The van der Waals surface area contributed by atoms with E-state index < -0.39 is 0 Å². The first-order valence-corrected chi connectivity index (χ1v) is 5.41. The van der Waals surface area contributed by atoms with Crippen molar-refractivity contribution in [3.63, 3.8) is 0 Å². The van der Waals surface area contributed by atoms with Crippen LogP contribution in [0.2, 0.25) is 10.0 Å². The molecule has 78 valence electrons. The zero-order valence-corrected chi connectivity index (χ0v) is 9.73. The molecule has 0 aliphatic carbocycles. The summed E-state index contributed by atoms with van der Waals surface area (Å²) in [5.74, 6) is 0.545. The first kappa shape index (κ1) is 10.5. The molecular weight excluding hydrogens is 231 g/mol. The van der Waals surface area contributed by atoms with Gasteiger partial charge in [-0.15, -0.1) is 0 Å². The lowest BCUT2D eigenvalue weighted by molar-refractivity contribution is 1.13. The van der Waals surface area contributed by atoms with Gasteiger partial charge in [-0.25, -0.2) is 4.98 Å². The second kappa shape index (κ2) is 3.87. The van der Waals surface area contributed by atoms with Gasteiger partial charge in [-0.3, -0.25) is 0 Å². The van der Waals surface area contributed by atoms with Crippen molar-refractivity contribution in [1.29, 1.82) is 0 Å². The molecule has 0 bridgehead atoms. The topological polar surface area (TPSA) is 38.9 Å².